The van der Waals surface area contributed by atoms with Crippen molar-refractivity contribution in [2.45, 2.75) is 27.7 Å². The van der Waals surface area contributed by atoms with Crippen molar-refractivity contribution in [2.24, 2.45) is 0 Å². The minimum atomic E-state index is 0.787. The number of aromatic nitrogens is 2. The standard InChI is InChI=1S/C21H17NO.C20H16BrN/c1-14-11-16(12-15(2)19(14)13-23)22-20-9-5-3-7-17(20)18-8-4-6-10-21(18)22;1-13-11-15(12-14(2)20(13)21)22-18-9-5-3-7-16(18)17-8-4-6-10-19(17)22/h3-13H,1-2H3;3-12H,1-2H3. The zero-order valence-electron chi connectivity index (χ0n) is 25.8. The highest BCUT2D eigenvalue weighted by molar-refractivity contribution is 9.10. The van der Waals surface area contributed by atoms with Crippen LogP contribution in [-0.4, -0.2) is 15.4 Å². The van der Waals surface area contributed by atoms with Gasteiger partial charge in [-0.25, -0.2) is 0 Å². The molecule has 0 unspecified atom stereocenters. The normalized spacial score (nSPS) is 11.3. The summed E-state index contributed by atoms with van der Waals surface area (Å²) in [5.41, 5.74) is 12.5. The van der Waals surface area contributed by atoms with Gasteiger partial charge in [0, 0.05) is 43.0 Å². The first kappa shape index (κ1) is 28.8. The van der Waals surface area contributed by atoms with Gasteiger partial charge in [0.05, 0.1) is 22.1 Å². The number of benzene rings is 6. The van der Waals surface area contributed by atoms with Crippen molar-refractivity contribution in [3.63, 3.8) is 0 Å². The molecule has 0 spiro atoms. The molecule has 45 heavy (non-hydrogen) atoms. The van der Waals surface area contributed by atoms with E-state index in [0.717, 1.165) is 28.7 Å². The number of aldehydes is 1. The van der Waals surface area contributed by atoms with Gasteiger partial charge in [-0.3, -0.25) is 4.79 Å². The predicted octanol–water partition coefficient (Wildman–Crippen LogP) is 11.4. The van der Waals surface area contributed by atoms with Crippen LogP contribution >= 0.6 is 15.9 Å². The molecule has 8 aromatic rings. The summed E-state index contributed by atoms with van der Waals surface area (Å²) < 4.78 is 5.83. The van der Waals surface area contributed by atoms with Crippen LogP contribution in [0.5, 0.6) is 0 Å². The fraction of sp³-hybridized carbons (Fsp3) is 0.0976. The molecule has 0 radical (unpaired) electrons. The molecule has 0 aliphatic carbocycles. The highest BCUT2D eigenvalue weighted by atomic mass is 79.9. The number of rotatable bonds is 3. The smallest absolute Gasteiger partial charge is 0.150 e. The first-order valence-corrected chi connectivity index (χ1v) is 16.0. The number of nitrogens with zero attached hydrogens (tertiary/aromatic N) is 2. The number of hydrogen-bond donors (Lipinski definition) is 0. The first-order chi connectivity index (χ1) is 21.9. The number of fused-ring (bicyclic) bond motifs is 6. The van der Waals surface area contributed by atoms with Crippen LogP contribution in [0.15, 0.2) is 126 Å². The minimum Gasteiger partial charge on any atom is -0.309 e. The summed E-state index contributed by atoms with van der Waals surface area (Å²) in [4.78, 5) is 11.3. The third-order valence-electron chi connectivity index (χ3n) is 8.79. The molecule has 3 nitrogen and oxygen atoms in total. The van der Waals surface area contributed by atoms with Gasteiger partial charge in [-0.05, 0) is 98.5 Å². The fourth-order valence-corrected chi connectivity index (χ4v) is 6.95. The minimum absolute atomic E-state index is 0.787. The van der Waals surface area contributed by atoms with Gasteiger partial charge in [0.1, 0.15) is 0 Å². The van der Waals surface area contributed by atoms with Crippen LogP contribution in [0.25, 0.3) is 55.0 Å². The van der Waals surface area contributed by atoms with Gasteiger partial charge < -0.3 is 9.13 Å². The Bertz CT molecular complexity index is 2260. The summed E-state index contributed by atoms with van der Waals surface area (Å²) in [7, 11) is 0. The molecule has 0 saturated heterocycles. The lowest BCUT2D eigenvalue weighted by Gasteiger charge is -2.12. The van der Waals surface area contributed by atoms with E-state index in [2.05, 4.69) is 160 Å². The highest BCUT2D eigenvalue weighted by Gasteiger charge is 2.14. The van der Waals surface area contributed by atoms with E-state index >= 15 is 0 Å². The molecule has 0 amide bonds. The van der Waals surface area contributed by atoms with Gasteiger partial charge in [-0.2, -0.15) is 0 Å². The van der Waals surface area contributed by atoms with Gasteiger partial charge in [-0.1, -0.05) is 88.7 Å². The molecule has 0 bridgehead atoms. The molecule has 4 heteroatoms. The Morgan fingerprint density at radius 1 is 0.467 bits per heavy atom. The van der Waals surface area contributed by atoms with Crippen LogP contribution < -0.4 is 0 Å². The Hall–Kier alpha value is -4.93. The van der Waals surface area contributed by atoms with Crippen molar-refractivity contribution in [1.29, 1.82) is 0 Å². The van der Waals surface area contributed by atoms with E-state index in [4.69, 9.17) is 0 Å². The summed E-state index contributed by atoms with van der Waals surface area (Å²) in [6.07, 6.45) is 0.945. The third-order valence-corrected chi connectivity index (χ3v) is 10.0. The average molecular weight is 650 g/mol. The van der Waals surface area contributed by atoms with E-state index in [9.17, 15) is 4.79 Å². The van der Waals surface area contributed by atoms with Crippen LogP contribution in [0.3, 0.4) is 0 Å². The maximum absolute atomic E-state index is 11.3. The second kappa shape index (κ2) is 11.5. The van der Waals surface area contributed by atoms with E-state index in [1.807, 2.05) is 13.8 Å². The zero-order valence-corrected chi connectivity index (χ0v) is 27.4. The van der Waals surface area contributed by atoms with Crippen LogP contribution in [0, 0.1) is 27.7 Å². The number of halogens is 1. The summed E-state index contributed by atoms with van der Waals surface area (Å²) in [6, 6.07) is 42.8. The largest absolute Gasteiger partial charge is 0.309 e. The van der Waals surface area contributed by atoms with Crippen LogP contribution in [0.1, 0.15) is 32.6 Å². The number of aryl methyl sites for hydroxylation is 4. The summed E-state index contributed by atoms with van der Waals surface area (Å²) in [5, 5.41) is 5.10. The molecule has 220 valence electrons. The first-order valence-electron chi connectivity index (χ1n) is 15.2. The molecule has 2 aromatic heterocycles. The number of carbonyl (C=O) groups is 1. The number of carbonyl (C=O) groups excluding carboxylic acids is 1. The molecule has 0 saturated carbocycles. The molecule has 0 aliphatic heterocycles. The van der Waals surface area contributed by atoms with Crippen molar-refractivity contribution < 1.29 is 4.79 Å². The van der Waals surface area contributed by atoms with Gasteiger partial charge >= 0.3 is 0 Å². The second-order valence-electron chi connectivity index (χ2n) is 11.7. The van der Waals surface area contributed by atoms with Crippen LogP contribution in [-0.2, 0) is 0 Å². The highest BCUT2D eigenvalue weighted by Crippen LogP contribution is 2.35. The van der Waals surface area contributed by atoms with Gasteiger partial charge in [0.15, 0.2) is 6.29 Å². The van der Waals surface area contributed by atoms with Crippen LogP contribution in [0.2, 0.25) is 0 Å². The van der Waals surface area contributed by atoms with Gasteiger partial charge in [-0.15, -0.1) is 0 Å². The van der Waals surface area contributed by atoms with E-state index in [1.165, 1.54) is 64.9 Å². The molecule has 8 rings (SSSR count). The zero-order chi connectivity index (χ0) is 31.2. The molecular weight excluding hydrogens is 616 g/mol. The molecule has 0 N–H and O–H groups in total. The Balaban J connectivity index is 0.000000145. The van der Waals surface area contributed by atoms with E-state index < -0.39 is 0 Å². The fourth-order valence-electron chi connectivity index (χ4n) is 6.72. The van der Waals surface area contributed by atoms with Crippen molar-refractivity contribution in [3.8, 4) is 11.4 Å². The number of hydrogen-bond acceptors (Lipinski definition) is 1. The molecule has 6 aromatic carbocycles. The lowest BCUT2D eigenvalue weighted by atomic mass is 10.0. The monoisotopic (exact) mass is 648 g/mol. The van der Waals surface area contributed by atoms with Crippen molar-refractivity contribution in [3.05, 3.63) is 154 Å². The van der Waals surface area contributed by atoms with Gasteiger partial charge in [0.25, 0.3) is 0 Å². The average Bonchev–Trinajstić information content (AvgIpc) is 3.57. The van der Waals surface area contributed by atoms with Gasteiger partial charge in [0.2, 0.25) is 0 Å². The lowest BCUT2D eigenvalue weighted by molar-refractivity contribution is 0.112. The molecular formula is C41H33BrN2O. The van der Waals surface area contributed by atoms with Crippen molar-refractivity contribution >= 4 is 65.8 Å². The SMILES string of the molecule is Cc1cc(-n2c3ccccc3c3ccccc32)cc(C)c1Br.Cc1cc(-n2c3ccccc3c3ccccc32)cc(C)c1C=O. The molecule has 2 heterocycles. The maximum atomic E-state index is 11.3. The van der Waals surface area contributed by atoms with Crippen molar-refractivity contribution in [2.75, 3.05) is 0 Å². The lowest BCUT2D eigenvalue weighted by Crippen LogP contribution is -1.99. The second-order valence-corrected chi connectivity index (χ2v) is 12.5. The molecule has 0 aliphatic rings. The maximum Gasteiger partial charge on any atom is 0.150 e. The Morgan fingerprint density at radius 2 is 0.756 bits per heavy atom. The molecule has 0 fully saturated rings. The van der Waals surface area contributed by atoms with Crippen LogP contribution in [0.4, 0.5) is 0 Å². The topological polar surface area (TPSA) is 26.9 Å². The Labute approximate surface area is 271 Å². The third kappa shape index (κ3) is 4.86. The van der Waals surface area contributed by atoms with E-state index in [-0.39, 0.29) is 0 Å². The van der Waals surface area contributed by atoms with Crippen molar-refractivity contribution in [1.82, 2.24) is 9.13 Å². The summed E-state index contributed by atoms with van der Waals surface area (Å²) >= 11 is 3.67. The Morgan fingerprint density at radius 3 is 1.07 bits per heavy atom. The summed E-state index contributed by atoms with van der Waals surface area (Å²) in [5.74, 6) is 0. The predicted molar refractivity (Wildman–Crippen MR) is 194 cm³/mol. The van der Waals surface area contributed by atoms with E-state index in [1.54, 1.807) is 0 Å². The summed E-state index contributed by atoms with van der Waals surface area (Å²) in [6.45, 7) is 8.28. The molecule has 0 atom stereocenters. The Kier molecular flexibility index (Phi) is 7.39. The number of para-hydroxylation sites is 4. The quantitative estimate of drug-likeness (QED) is 0.175. The van der Waals surface area contributed by atoms with E-state index in [0.29, 0.717) is 0 Å².